The lowest BCUT2D eigenvalue weighted by molar-refractivity contribution is -0.126. The van der Waals surface area contributed by atoms with Crippen molar-refractivity contribution in [3.8, 4) is 5.75 Å². The largest absolute Gasteiger partial charge is 0.477 e. The van der Waals surface area contributed by atoms with Gasteiger partial charge >= 0.3 is 0 Å². The maximum absolute atomic E-state index is 13.8. The molecule has 0 radical (unpaired) electrons. The Kier molecular flexibility index (Phi) is 5.76. The lowest BCUT2D eigenvalue weighted by Crippen LogP contribution is -2.34. The van der Waals surface area contributed by atoms with Crippen molar-refractivity contribution in [1.82, 2.24) is 10.6 Å². The zero-order valence-corrected chi connectivity index (χ0v) is 11.8. The topological polar surface area (TPSA) is 50.4 Å². The van der Waals surface area contributed by atoms with Crippen molar-refractivity contribution in [3.05, 3.63) is 29.6 Å². The average Bonchev–Trinajstić information content (AvgIpc) is 2.38. The van der Waals surface area contributed by atoms with Crippen molar-refractivity contribution in [2.45, 2.75) is 39.5 Å². The monoisotopic (exact) mass is 268 g/mol. The molecule has 2 N–H and O–H groups in total. The van der Waals surface area contributed by atoms with Gasteiger partial charge in [0.15, 0.2) is 17.7 Å². The highest BCUT2D eigenvalue weighted by Gasteiger charge is 2.17. The second-order valence-corrected chi connectivity index (χ2v) is 4.64. The Bertz CT molecular complexity index is 435. The van der Waals surface area contributed by atoms with E-state index in [-0.39, 0.29) is 17.7 Å². The van der Waals surface area contributed by atoms with E-state index in [1.165, 1.54) is 13.1 Å². The molecule has 4 nitrogen and oxygen atoms in total. The minimum absolute atomic E-state index is 0.131. The van der Waals surface area contributed by atoms with Gasteiger partial charge in [-0.1, -0.05) is 26.0 Å². The molecule has 0 fully saturated rings. The highest BCUT2D eigenvalue weighted by molar-refractivity contribution is 5.80. The average molecular weight is 268 g/mol. The summed E-state index contributed by atoms with van der Waals surface area (Å²) in [6, 6.07) is 5.02. The van der Waals surface area contributed by atoms with Crippen LogP contribution in [0.4, 0.5) is 4.39 Å². The van der Waals surface area contributed by atoms with Crippen LogP contribution in [0, 0.1) is 5.82 Å². The van der Waals surface area contributed by atoms with E-state index < -0.39 is 11.9 Å². The second-order valence-electron chi connectivity index (χ2n) is 4.64. The van der Waals surface area contributed by atoms with E-state index in [9.17, 15) is 9.18 Å². The fourth-order valence-electron chi connectivity index (χ4n) is 1.57. The predicted molar refractivity (Wildman–Crippen MR) is 72.5 cm³/mol. The summed E-state index contributed by atoms with van der Waals surface area (Å²) in [4.78, 5) is 11.4. The summed E-state index contributed by atoms with van der Waals surface area (Å²) in [5.74, 6) is -0.614. The first-order valence-corrected chi connectivity index (χ1v) is 6.34. The first-order valence-electron chi connectivity index (χ1n) is 6.34. The van der Waals surface area contributed by atoms with Crippen molar-refractivity contribution in [3.63, 3.8) is 0 Å². The van der Waals surface area contributed by atoms with Crippen LogP contribution in [0.15, 0.2) is 18.2 Å². The maximum atomic E-state index is 13.8. The number of carbonyl (C=O) groups excluding carboxylic acids is 1. The second kappa shape index (κ2) is 7.09. The van der Waals surface area contributed by atoms with Crippen LogP contribution < -0.4 is 15.4 Å². The number of carbonyl (C=O) groups is 1. The molecule has 106 valence electrons. The van der Waals surface area contributed by atoms with E-state index in [4.69, 9.17) is 4.74 Å². The molecule has 0 aromatic heterocycles. The van der Waals surface area contributed by atoms with Crippen molar-refractivity contribution in [1.29, 1.82) is 0 Å². The maximum Gasteiger partial charge on any atom is 0.260 e. The molecule has 0 bridgehead atoms. The summed E-state index contributed by atoms with van der Waals surface area (Å²) in [6.07, 6.45) is -0.736. The Morgan fingerprint density at radius 3 is 2.63 bits per heavy atom. The molecule has 0 spiro atoms. The Labute approximate surface area is 113 Å². The number of benzene rings is 1. The molecule has 0 heterocycles. The molecule has 1 rings (SSSR count). The summed E-state index contributed by atoms with van der Waals surface area (Å²) in [5.41, 5.74) is 0.699. The fraction of sp³-hybridized carbons (Fsp3) is 0.500. The molecule has 0 saturated heterocycles. The molecule has 5 heteroatoms. The number of nitrogens with one attached hydrogen (secondary N) is 2. The minimum Gasteiger partial charge on any atom is -0.477 e. The molecular formula is C14H21FN2O2. The van der Waals surface area contributed by atoms with Crippen LogP contribution in [0.2, 0.25) is 0 Å². The first kappa shape index (κ1) is 15.4. The molecule has 1 aromatic carbocycles. The molecule has 0 aliphatic heterocycles. The van der Waals surface area contributed by atoms with Crippen molar-refractivity contribution >= 4 is 5.91 Å². The van der Waals surface area contributed by atoms with Gasteiger partial charge in [-0.15, -0.1) is 0 Å². The number of rotatable bonds is 6. The van der Waals surface area contributed by atoms with Crippen LogP contribution in [-0.2, 0) is 11.3 Å². The first-order chi connectivity index (χ1) is 8.95. The van der Waals surface area contributed by atoms with Crippen LogP contribution in [0.3, 0.4) is 0 Å². The molecule has 0 aliphatic rings. The third-order valence-corrected chi connectivity index (χ3v) is 2.66. The zero-order valence-electron chi connectivity index (χ0n) is 11.8. The number of halogens is 1. The standard InChI is InChI=1S/C14H21FN2O2/c1-9(2)17-8-11-6-5-7-12(15)13(11)19-10(3)14(18)16-4/h5-7,9-10,17H,8H2,1-4H3,(H,16,18). The smallest absolute Gasteiger partial charge is 0.260 e. The van der Waals surface area contributed by atoms with E-state index in [0.29, 0.717) is 12.1 Å². The van der Waals surface area contributed by atoms with Gasteiger partial charge in [0.1, 0.15) is 0 Å². The Balaban J connectivity index is 2.88. The number of likely N-dealkylation sites (N-methyl/N-ethyl adjacent to an activating group) is 1. The van der Waals surface area contributed by atoms with E-state index >= 15 is 0 Å². The van der Waals surface area contributed by atoms with Gasteiger partial charge in [0.2, 0.25) is 0 Å². The van der Waals surface area contributed by atoms with Gasteiger partial charge < -0.3 is 15.4 Å². The number of hydrogen-bond acceptors (Lipinski definition) is 3. The molecule has 1 atom stereocenters. The third-order valence-electron chi connectivity index (χ3n) is 2.66. The molecule has 1 amide bonds. The van der Waals surface area contributed by atoms with Crippen molar-refractivity contribution in [2.75, 3.05) is 7.05 Å². The third kappa shape index (κ3) is 4.52. The van der Waals surface area contributed by atoms with Crippen LogP contribution in [0.25, 0.3) is 0 Å². The molecule has 0 aliphatic carbocycles. The fourth-order valence-corrected chi connectivity index (χ4v) is 1.57. The highest BCUT2D eigenvalue weighted by Crippen LogP contribution is 2.24. The lowest BCUT2D eigenvalue weighted by Gasteiger charge is -2.18. The van der Waals surface area contributed by atoms with Crippen LogP contribution >= 0.6 is 0 Å². The zero-order chi connectivity index (χ0) is 14.4. The molecule has 19 heavy (non-hydrogen) atoms. The van der Waals surface area contributed by atoms with Gasteiger partial charge in [-0.25, -0.2) is 4.39 Å². The van der Waals surface area contributed by atoms with Crippen LogP contribution in [0.5, 0.6) is 5.75 Å². The van der Waals surface area contributed by atoms with Gasteiger partial charge in [0.25, 0.3) is 5.91 Å². The van der Waals surface area contributed by atoms with Gasteiger partial charge in [-0.3, -0.25) is 4.79 Å². The van der Waals surface area contributed by atoms with Gasteiger partial charge in [-0.2, -0.15) is 0 Å². The normalized spacial score (nSPS) is 12.3. The highest BCUT2D eigenvalue weighted by atomic mass is 19.1. The number of amides is 1. The SMILES string of the molecule is CNC(=O)C(C)Oc1c(F)cccc1CNC(C)C. The van der Waals surface area contributed by atoms with Crippen LogP contribution in [-0.4, -0.2) is 25.1 Å². The number of para-hydroxylation sites is 1. The Morgan fingerprint density at radius 2 is 2.05 bits per heavy atom. The van der Waals surface area contributed by atoms with E-state index in [1.807, 2.05) is 13.8 Å². The van der Waals surface area contributed by atoms with Crippen molar-refractivity contribution < 1.29 is 13.9 Å². The van der Waals surface area contributed by atoms with Gasteiger partial charge in [0, 0.05) is 25.2 Å². The predicted octanol–water partition coefficient (Wildman–Crippen LogP) is 1.84. The molecular weight excluding hydrogens is 247 g/mol. The molecule has 1 aromatic rings. The minimum atomic E-state index is -0.736. The van der Waals surface area contributed by atoms with Gasteiger partial charge in [-0.05, 0) is 13.0 Å². The summed E-state index contributed by atoms with van der Waals surface area (Å²) in [7, 11) is 1.52. The molecule has 0 saturated carbocycles. The van der Waals surface area contributed by atoms with Crippen molar-refractivity contribution in [2.24, 2.45) is 0 Å². The number of ether oxygens (including phenoxy) is 1. The van der Waals surface area contributed by atoms with Gasteiger partial charge in [0.05, 0.1) is 0 Å². The van der Waals surface area contributed by atoms with Crippen LogP contribution in [0.1, 0.15) is 26.3 Å². The Hall–Kier alpha value is -1.62. The lowest BCUT2D eigenvalue weighted by atomic mass is 10.1. The summed E-state index contributed by atoms with van der Waals surface area (Å²) in [5, 5.41) is 5.67. The molecule has 1 unspecified atom stereocenters. The summed E-state index contributed by atoms with van der Waals surface area (Å²) >= 11 is 0. The summed E-state index contributed by atoms with van der Waals surface area (Å²) < 4.78 is 19.3. The quantitative estimate of drug-likeness (QED) is 0.827. The van der Waals surface area contributed by atoms with E-state index in [1.54, 1.807) is 19.1 Å². The van der Waals surface area contributed by atoms with E-state index in [0.717, 1.165) is 0 Å². The van der Waals surface area contributed by atoms with E-state index in [2.05, 4.69) is 10.6 Å². The summed E-state index contributed by atoms with van der Waals surface area (Å²) in [6.45, 7) is 6.09. The Morgan fingerprint density at radius 1 is 1.37 bits per heavy atom. The number of hydrogen-bond donors (Lipinski definition) is 2.